The van der Waals surface area contributed by atoms with Gasteiger partial charge >= 0.3 is 0 Å². The van der Waals surface area contributed by atoms with E-state index < -0.39 is 0 Å². The van der Waals surface area contributed by atoms with Crippen molar-refractivity contribution in [1.82, 2.24) is 10.3 Å². The summed E-state index contributed by atoms with van der Waals surface area (Å²) in [5.41, 5.74) is 4.96. The van der Waals surface area contributed by atoms with Crippen LogP contribution in [-0.4, -0.2) is 11.5 Å². The van der Waals surface area contributed by atoms with E-state index in [1.807, 2.05) is 19.1 Å². The van der Waals surface area contributed by atoms with Crippen LogP contribution in [0.1, 0.15) is 16.8 Å². The van der Waals surface area contributed by atoms with Gasteiger partial charge in [0.1, 0.15) is 5.82 Å². The molecule has 2 heterocycles. The van der Waals surface area contributed by atoms with Crippen LogP contribution in [0, 0.1) is 6.92 Å². The third-order valence-electron chi connectivity index (χ3n) is 3.42. The maximum Gasteiger partial charge on any atom is 0.130 e. The third-order valence-corrected chi connectivity index (χ3v) is 4.26. The molecule has 3 rings (SSSR count). The van der Waals surface area contributed by atoms with Crippen LogP contribution in [0.5, 0.6) is 0 Å². The number of aryl methyl sites for hydroxylation is 1. The van der Waals surface area contributed by atoms with Gasteiger partial charge in [-0.25, -0.2) is 4.98 Å². The summed E-state index contributed by atoms with van der Waals surface area (Å²) in [7, 11) is 0. The Morgan fingerprint density at radius 2 is 2.16 bits per heavy atom. The highest BCUT2D eigenvalue weighted by atomic mass is 79.9. The van der Waals surface area contributed by atoms with E-state index in [-0.39, 0.29) is 0 Å². The zero-order valence-corrected chi connectivity index (χ0v) is 12.4. The molecule has 4 heteroatoms. The van der Waals surface area contributed by atoms with E-state index in [9.17, 15) is 0 Å². The number of nitrogens with zero attached hydrogens (tertiary/aromatic N) is 1. The summed E-state index contributed by atoms with van der Waals surface area (Å²) in [4.78, 5) is 4.54. The van der Waals surface area contributed by atoms with Crippen molar-refractivity contribution in [2.45, 2.75) is 19.9 Å². The fourth-order valence-electron chi connectivity index (χ4n) is 2.40. The average Bonchev–Trinajstić information content (AvgIpc) is 2.43. The van der Waals surface area contributed by atoms with Crippen LogP contribution in [0.3, 0.4) is 0 Å². The molecule has 0 atom stereocenters. The highest BCUT2D eigenvalue weighted by molar-refractivity contribution is 9.10. The lowest BCUT2D eigenvalue weighted by atomic mass is 9.99. The van der Waals surface area contributed by atoms with Crippen LogP contribution in [0.25, 0.3) is 0 Å². The van der Waals surface area contributed by atoms with Crippen molar-refractivity contribution in [3.05, 3.63) is 51.6 Å². The monoisotopic (exact) mass is 317 g/mol. The first-order valence-corrected chi connectivity index (χ1v) is 7.25. The Kier molecular flexibility index (Phi) is 3.53. The first-order valence-electron chi connectivity index (χ1n) is 6.46. The maximum absolute atomic E-state index is 4.54. The first-order chi connectivity index (χ1) is 9.24. The standard InChI is InChI=1S/C15H16BrN3/c1-10-13(16)5-6-15(18-10)19-14-4-2-3-11-9-17-8-7-12(11)14/h2-6,17H,7-9H2,1H3,(H,18,19). The lowest BCUT2D eigenvalue weighted by Gasteiger charge is -2.21. The second-order valence-electron chi connectivity index (χ2n) is 4.76. The van der Waals surface area contributed by atoms with E-state index >= 15 is 0 Å². The highest BCUT2D eigenvalue weighted by Gasteiger charge is 2.12. The summed E-state index contributed by atoms with van der Waals surface area (Å²) >= 11 is 3.48. The molecule has 0 unspecified atom stereocenters. The number of halogens is 1. The van der Waals surface area contributed by atoms with E-state index in [1.54, 1.807) is 0 Å². The Hall–Kier alpha value is -1.39. The van der Waals surface area contributed by atoms with Gasteiger partial charge in [-0.1, -0.05) is 12.1 Å². The number of benzene rings is 1. The number of pyridine rings is 1. The van der Waals surface area contributed by atoms with Crippen molar-refractivity contribution in [1.29, 1.82) is 0 Å². The summed E-state index contributed by atoms with van der Waals surface area (Å²) in [6.07, 6.45) is 1.06. The van der Waals surface area contributed by atoms with Crippen LogP contribution >= 0.6 is 15.9 Å². The minimum atomic E-state index is 0.896. The number of hydrogen-bond acceptors (Lipinski definition) is 3. The Bertz CT molecular complexity index is 610. The summed E-state index contributed by atoms with van der Waals surface area (Å²) in [5.74, 6) is 0.896. The molecule has 0 spiro atoms. The molecule has 1 aromatic heterocycles. The van der Waals surface area contributed by atoms with Crippen molar-refractivity contribution in [3.8, 4) is 0 Å². The predicted molar refractivity (Wildman–Crippen MR) is 81.8 cm³/mol. The number of fused-ring (bicyclic) bond motifs is 1. The molecule has 1 aliphatic rings. The third kappa shape index (κ3) is 2.65. The van der Waals surface area contributed by atoms with Crippen LogP contribution in [0.4, 0.5) is 11.5 Å². The largest absolute Gasteiger partial charge is 0.340 e. The molecule has 0 bridgehead atoms. The van der Waals surface area contributed by atoms with E-state index in [0.29, 0.717) is 0 Å². The molecular weight excluding hydrogens is 302 g/mol. The zero-order valence-electron chi connectivity index (χ0n) is 10.8. The minimum absolute atomic E-state index is 0.896. The first kappa shape index (κ1) is 12.6. The van der Waals surface area contributed by atoms with Gasteiger partial charge in [0.15, 0.2) is 0 Å². The molecule has 98 valence electrons. The summed E-state index contributed by atoms with van der Waals surface area (Å²) in [6, 6.07) is 10.4. The Balaban J connectivity index is 1.92. The Morgan fingerprint density at radius 1 is 1.26 bits per heavy atom. The zero-order chi connectivity index (χ0) is 13.2. The molecule has 0 radical (unpaired) electrons. The van der Waals surface area contributed by atoms with Gasteiger partial charge in [-0.3, -0.25) is 0 Å². The number of nitrogens with one attached hydrogen (secondary N) is 2. The van der Waals surface area contributed by atoms with Crippen LogP contribution in [-0.2, 0) is 13.0 Å². The Morgan fingerprint density at radius 3 is 3.00 bits per heavy atom. The van der Waals surface area contributed by atoms with E-state index in [0.717, 1.165) is 35.5 Å². The lowest BCUT2D eigenvalue weighted by molar-refractivity contribution is 0.645. The molecular formula is C15H16BrN3. The van der Waals surface area contributed by atoms with Gasteiger partial charge in [-0.05, 0) is 65.1 Å². The van der Waals surface area contributed by atoms with Gasteiger partial charge in [-0.2, -0.15) is 0 Å². The molecule has 0 aliphatic carbocycles. The van der Waals surface area contributed by atoms with Crippen molar-refractivity contribution >= 4 is 27.4 Å². The molecule has 19 heavy (non-hydrogen) atoms. The van der Waals surface area contributed by atoms with Gasteiger partial charge in [0.05, 0.1) is 5.69 Å². The quantitative estimate of drug-likeness (QED) is 0.889. The molecule has 0 fully saturated rings. The number of rotatable bonds is 2. The highest BCUT2D eigenvalue weighted by Crippen LogP contribution is 2.26. The molecule has 0 saturated heterocycles. The summed E-state index contributed by atoms with van der Waals surface area (Å²) < 4.78 is 1.04. The smallest absolute Gasteiger partial charge is 0.130 e. The molecule has 2 N–H and O–H groups in total. The average molecular weight is 318 g/mol. The number of hydrogen-bond donors (Lipinski definition) is 2. The van der Waals surface area contributed by atoms with Crippen molar-refractivity contribution in [2.75, 3.05) is 11.9 Å². The minimum Gasteiger partial charge on any atom is -0.340 e. The summed E-state index contributed by atoms with van der Waals surface area (Å²) in [5, 5.41) is 6.84. The topological polar surface area (TPSA) is 37.0 Å². The molecule has 0 amide bonds. The fraction of sp³-hybridized carbons (Fsp3) is 0.267. The van der Waals surface area contributed by atoms with E-state index in [4.69, 9.17) is 0 Å². The van der Waals surface area contributed by atoms with Crippen molar-refractivity contribution < 1.29 is 0 Å². The molecule has 3 nitrogen and oxygen atoms in total. The van der Waals surface area contributed by atoms with Gasteiger partial charge in [-0.15, -0.1) is 0 Å². The van der Waals surface area contributed by atoms with Crippen molar-refractivity contribution in [2.24, 2.45) is 0 Å². The maximum atomic E-state index is 4.54. The molecule has 1 aromatic carbocycles. The predicted octanol–water partition coefficient (Wildman–Crippen LogP) is 3.54. The van der Waals surface area contributed by atoms with E-state index in [1.165, 1.54) is 16.8 Å². The van der Waals surface area contributed by atoms with Gasteiger partial charge in [0.25, 0.3) is 0 Å². The normalized spacial score (nSPS) is 14.0. The fourth-order valence-corrected chi connectivity index (χ4v) is 2.62. The molecule has 0 saturated carbocycles. The van der Waals surface area contributed by atoms with Gasteiger partial charge in [0.2, 0.25) is 0 Å². The number of aromatic nitrogens is 1. The van der Waals surface area contributed by atoms with Crippen molar-refractivity contribution in [3.63, 3.8) is 0 Å². The summed E-state index contributed by atoms with van der Waals surface area (Å²) in [6.45, 7) is 4.00. The van der Waals surface area contributed by atoms with Gasteiger partial charge < -0.3 is 10.6 Å². The molecule has 1 aliphatic heterocycles. The molecule has 2 aromatic rings. The van der Waals surface area contributed by atoms with Crippen LogP contribution in [0.15, 0.2) is 34.8 Å². The van der Waals surface area contributed by atoms with Crippen LogP contribution in [0.2, 0.25) is 0 Å². The lowest BCUT2D eigenvalue weighted by Crippen LogP contribution is -2.24. The van der Waals surface area contributed by atoms with Crippen LogP contribution < -0.4 is 10.6 Å². The Labute approximate surface area is 121 Å². The van der Waals surface area contributed by atoms with Gasteiger partial charge in [0, 0.05) is 16.7 Å². The SMILES string of the molecule is Cc1nc(Nc2cccc3c2CCNC3)ccc1Br. The second-order valence-corrected chi connectivity index (χ2v) is 5.61. The second kappa shape index (κ2) is 5.31. The van der Waals surface area contributed by atoms with E-state index in [2.05, 4.69) is 49.7 Å². The number of anilines is 2.